The standard InChI is InChI=1S/C16H25NO2S/c1-4-17(5-2)12-13-20-15(16(18)19-6-3)14-10-8-7-9-11-14/h7-11,15H,4-6,12-13H2,1-3H3/t15-/m0/s1. The average Bonchev–Trinajstić information content (AvgIpc) is 2.48. The highest BCUT2D eigenvalue weighted by atomic mass is 32.2. The van der Waals surface area contributed by atoms with Crippen LogP contribution < -0.4 is 0 Å². The third kappa shape index (κ3) is 5.55. The minimum atomic E-state index is -0.216. The van der Waals surface area contributed by atoms with Gasteiger partial charge in [-0.25, -0.2) is 0 Å². The zero-order valence-electron chi connectivity index (χ0n) is 12.7. The Bertz CT molecular complexity index is 379. The minimum absolute atomic E-state index is 0.136. The first-order valence-corrected chi connectivity index (χ1v) is 8.33. The van der Waals surface area contributed by atoms with E-state index in [9.17, 15) is 4.79 Å². The van der Waals surface area contributed by atoms with Crippen molar-refractivity contribution < 1.29 is 9.53 Å². The van der Waals surface area contributed by atoms with Crippen molar-refractivity contribution in [3.05, 3.63) is 35.9 Å². The summed E-state index contributed by atoms with van der Waals surface area (Å²) in [5.41, 5.74) is 1.02. The first-order valence-electron chi connectivity index (χ1n) is 7.28. The summed E-state index contributed by atoms with van der Waals surface area (Å²) in [5.74, 6) is 0.795. The van der Waals surface area contributed by atoms with Crippen molar-refractivity contribution >= 4 is 17.7 Å². The number of benzene rings is 1. The molecule has 0 fully saturated rings. The maximum Gasteiger partial charge on any atom is 0.323 e. The van der Waals surface area contributed by atoms with E-state index in [1.54, 1.807) is 11.8 Å². The van der Waals surface area contributed by atoms with Crippen molar-refractivity contribution in [3.8, 4) is 0 Å². The van der Waals surface area contributed by atoms with Crippen LogP contribution in [0.2, 0.25) is 0 Å². The first-order chi connectivity index (χ1) is 9.72. The Balaban J connectivity index is 2.62. The topological polar surface area (TPSA) is 29.5 Å². The molecule has 0 amide bonds. The fourth-order valence-corrected chi connectivity index (χ4v) is 3.14. The lowest BCUT2D eigenvalue weighted by atomic mass is 10.1. The van der Waals surface area contributed by atoms with E-state index in [0.717, 1.165) is 31.0 Å². The van der Waals surface area contributed by atoms with Crippen molar-refractivity contribution in [2.24, 2.45) is 0 Å². The molecular formula is C16H25NO2S. The Labute approximate surface area is 126 Å². The summed E-state index contributed by atoms with van der Waals surface area (Å²) in [7, 11) is 0. The summed E-state index contributed by atoms with van der Waals surface area (Å²) >= 11 is 1.67. The van der Waals surface area contributed by atoms with E-state index in [2.05, 4.69) is 18.7 Å². The summed E-state index contributed by atoms with van der Waals surface area (Å²) in [6, 6.07) is 9.88. The number of hydrogen-bond acceptors (Lipinski definition) is 4. The molecule has 0 aromatic heterocycles. The van der Waals surface area contributed by atoms with Gasteiger partial charge in [0.05, 0.1) is 6.61 Å². The molecule has 112 valence electrons. The van der Waals surface area contributed by atoms with Gasteiger partial charge < -0.3 is 9.64 Å². The van der Waals surface area contributed by atoms with Gasteiger partial charge in [0, 0.05) is 12.3 Å². The van der Waals surface area contributed by atoms with Crippen molar-refractivity contribution in [2.45, 2.75) is 26.0 Å². The lowest BCUT2D eigenvalue weighted by Gasteiger charge is -2.20. The fraction of sp³-hybridized carbons (Fsp3) is 0.562. The van der Waals surface area contributed by atoms with Crippen LogP contribution >= 0.6 is 11.8 Å². The fourth-order valence-electron chi connectivity index (χ4n) is 1.99. The highest BCUT2D eigenvalue weighted by molar-refractivity contribution is 8.00. The number of nitrogens with zero attached hydrogens (tertiary/aromatic N) is 1. The van der Waals surface area contributed by atoms with E-state index in [0.29, 0.717) is 6.61 Å². The number of esters is 1. The van der Waals surface area contributed by atoms with Crippen LogP contribution in [-0.4, -0.2) is 42.9 Å². The van der Waals surface area contributed by atoms with Gasteiger partial charge in [-0.1, -0.05) is 44.2 Å². The molecule has 1 aromatic carbocycles. The second-order valence-corrected chi connectivity index (χ2v) is 5.65. The average molecular weight is 295 g/mol. The van der Waals surface area contributed by atoms with Gasteiger partial charge in [0.15, 0.2) is 0 Å². The Kier molecular flexibility index (Phi) is 8.38. The lowest BCUT2D eigenvalue weighted by molar-refractivity contribution is -0.142. The molecule has 0 saturated heterocycles. The van der Waals surface area contributed by atoms with Crippen molar-refractivity contribution in [2.75, 3.05) is 32.0 Å². The number of carbonyl (C=O) groups excluding carboxylic acids is 1. The molecule has 0 unspecified atom stereocenters. The maximum absolute atomic E-state index is 12.1. The van der Waals surface area contributed by atoms with E-state index in [4.69, 9.17) is 4.74 Å². The monoisotopic (exact) mass is 295 g/mol. The van der Waals surface area contributed by atoms with E-state index in [-0.39, 0.29) is 11.2 Å². The third-order valence-corrected chi connectivity index (χ3v) is 4.41. The van der Waals surface area contributed by atoms with E-state index >= 15 is 0 Å². The highest BCUT2D eigenvalue weighted by Crippen LogP contribution is 2.30. The molecule has 1 rings (SSSR count). The highest BCUT2D eigenvalue weighted by Gasteiger charge is 2.22. The van der Waals surface area contributed by atoms with E-state index in [1.807, 2.05) is 37.3 Å². The molecule has 3 nitrogen and oxygen atoms in total. The minimum Gasteiger partial charge on any atom is -0.465 e. The Morgan fingerprint density at radius 3 is 2.40 bits per heavy atom. The summed E-state index contributed by atoms with van der Waals surface area (Å²) in [4.78, 5) is 14.5. The summed E-state index contributed by atoms with van der Waals surface area (Å²) in [6.45, 7) is 9.70. The number of hydrogen-bond donors (Lipinski definition) is 0. The molecule has 0 spiro atoms. The molecule has 20 heavy (non-hydrogen) atoms. The van der Waals surface area contributed by atoms with Crippen LogP contribution in [0.3, 0.4) is 0 Å². The molecule has 0 bridgehead atoms. The number of rotatable bonds is 9. The molecule has 0 aliphatic heterocycles. The Morgan fingerprint density at radius 2 is 1.85 bits per heavy atom. The van der Waals surface area contributed by atoms with Gasteiger partial charge in [0.25, 0.3) is 0 Å². The largest absolute Gasteiger partial charge is 0.465 e. The van der Waals surface area contributed by atoms with Gasteiger partial charge in [0.2, 0.25) is 0 Å². The zero-order valence-corrected chi connectivity index (χ0v) is 13.5. The Morgan fingerprint density at radius 1 is 1.20 bits per heavy atom. The number of thioether (sulfide) groups is 1. The predicted molar refractivity (Wildman–Crippen MR) is 86.1 cm³/mol. The van der Waals surface area contributed by atoms with Crippen LogP contribution in [0.1, 0.15) is 31.6 Å². The first kappa shape index (κ1) is 17.1. The van der Waals surface area contributed by atoms with Gasteiger partial charge in [-0.05, 0) is 25.6 Å². The Hall–Kier alpha value is -1.00. The van der Waals surface area contributed by atoms with E-state index in [1.165, 1.54) is 0 Å². The summed E-state index contributed by atoms with van der Waals surface area (Å²) in [5, 5.41) is -0.216. The normalized spacial score (nSPS) is 12.4. The number of carbonyl (C=O) groups is 1. The maximum atomic E-state index is 12.1. The van der Waals surface area contributed by atoms with Gasteiger partial charge in [-0.15, -0.1) is 11.8 Å². The van der Waals surface area contributed by atoms with Gasteiger partial charge in [-0.2, -0.15) is 0 Å². The molecule has 0 heterocycles. The molecule has 0 aliphatic carbocycles. The van der Waals surface area contributed by atoms with Crippen LogP contribution in [0.15, 0.2) is 30.3 Å². The van der Waals surface area contributed by atoms with Crippen molar-refractivity contribution in [1.29, 1.82) is 0 Å². The zero-order chi connectivity index (χ0) is 14.8. The van der Waals surface area contributed by atoms with Crippen LogP contribution in [0.4, 0.5) is 0 Å². The number of ether oxygens (including phenoxy) is 1. The predicted octanol–water partition coefficient (Wildman–Crippen LogP) is 3.37. The molecule has 1 aromatic rings. The van der Waals surface area contributed by atoms with Gasteiger partial charge in [-0.3, -0.25) is 4.79 Å². The molecule has 0 N–H and O–H groups in total. The molecule has 1 atom stereocenters. The second kappa shape index (κ2) is 9.83. The van der Waals surface area contributed by atoms with E-state index < -0.39 is 0 Å². The van der Waals surface area contributed by atoms with Gasteiger partial charge >= 0.3 is 5.97 Å². The van der Waals surface area contributed by atoms with Crippen LogP contribution in [0, 0.1) is 0 Å². The quantitative estimate of drug-likeness (QED) is 0.653. The third-order valence-electron chi connectivity index (χ3n) is 3.19. The van der Waals surface area contributed by atoms with Crippen LogP contribution in [-0.2, 0) is 9.53 Å². The lowest BCUT2D eigenvalue weighted by Crippen LogP contribution is -2.26. The smallest absolute Gasteiger partial charge is 0.323 e. The van der Waals surface area contributed by atoms with Crippen LogP contribution in [0.25, 0.3) is 0 Å². The molecule has 4 heteroatoms. The van der Waals surface area contributed by atoms with Crippen molar-refractivity contribution in [3.63, 3.8) is 0 Å². The van der Waals surface area contributed by atoms with Crippen LogP contribution in [0.5, 0.6) is 0 Å². The summed E-state index contributed by atoms with van der Waals surface area (Å²) in [6.07, 6.45) is 0. The molecular weight excluding hydrogens is 270 g/mol. The summed E-state index contributed by atoms with van der Waals surface area (Å²) < 4.78 is 5.20. The second-order valence-electron chi connectivity index (χ2n) is 4.44. The molecule has 0 saturated carbocycles. The molecule has 0 aliphatic rings. The van der Waals surface area contributed by atoms with Crippen molar-refractivity contribution in [1.82, 2.24) is 4.90 Å². The molecule has 0 radical (unpaired) electrons. The SMILES string of the molecule is CCOC(=O)[C@@H](SCCN(CC)CC)c1ccccc1. The van der Waals surface area contributed by atoms with Gasteiger partial charge in [0.1, 0.15) is 5.25 Å².